The molecule has 47 heavy (non-hydrogen) atoms. The number of phenols is 1. The second-order valence-corrected chi connectivity index (χ2v) is 14.2. The fourth-order valence-electron chi connectivity index (χ4n) is 8.37. The Balaban J connectivity index is 1.25. The molecule has 3 N–H and O–H groups in total. The third kappa shape index (κ3) is 4.69. The number of piperidine rings is 1. The van der Waals surface area contributed by atoms with E-state index in [1.165, 1.54) is 30.5 Å². The molecule has 0 amide bonds. The Morgan fingerprint density at radius 3 is 2.62 bits per heavy atom. The lowest BCUT2D eigenvalue weighted by atomic mass is 9.89. The molecule has 4 fully saturated rings. The van der Waals surface area contributed by atoms with E-state index < -0.39 is 34.0 Å². The van der Waals surface area contributed by atoms with Crippen LogP contribution in [0.5, 0.6) is 11.8 Å². The first-order valence-electron chi connectivity index (χ1n) is 15.9. The molecule has 1 saturated carbocycles. The number of fused-ring (bicyclic) bond motifs is 3. The van der Waals surface area contributed by atoms with Gasteiger partial charge in [0.25, 0.3) is 5.92 Å². The van der Waals surface area contributed by atoms with E-state index in [0.717, 1.165) is 25.8 Å². The summed E-state index contributed by atoms with van der Waals surface area (Å²) in [6.07, 6.45) is 10.5. The number of hydrogen-bond donors (Lipinski definition) is 2. The summed E-state index contributed by atoms with van der Waals surface area (Å²) >= 11 is 0. The van der Waals surface area contributed by atoms with Crippen LogP contribution < -0.4 is 15.4 Å². The van der Waals surface area contributed by atoms with E-state index in [2.05, 4.69) is 20.8 Å². The Kier molecular flexibility index (Phi) is 6.51. The van der Waals surface area contributed by atoms with Crippen molar-refractivity contribution in [3.63, 3.8) is 0 Å². The quantitative estimate of drug-likeness (QED) is 0.208. The van der Waals surface area contributed by atoms with Crippen LogP contribution in [0, 0.1) is 29.4 Å². The highest BCUT2D eigenvalue weighted by molar-refractivity contribution is 6.03. The highest BCUT2D eigenvalue weighted by atomic mass is 19.3. The van der Waals surface area contributed by atoms with Crippen LogP contribution in [0.1, 0.15) is 51.0 Å². The SMILES string of the molecule is C#Cc1c(F)ccc2cc(O)cc(-c3ncc4c(N5CCCC(C)(N)C5)nc(OC[C@@]56CCCN5C[C@@]5(CC5(F)F)C6)nc4c3F)c12. The Bertz CT molecular complexity index is 2010. The van der Waals surface area contributed by atoms with Crippen molar-refractivity contribution in [3.8, 4) is 35.4 Å². The molecule has 3 atom stereocenters. The van der Waals surface area contributed by atoms with Crippen molar-refractivity contribution in [1.82, 2.24) is 19.9 Å². The molecule has 0 radical (unpaired) electrons. The van der Waals surface area contributed by atoms with Crippen LogP contribution in [0.2, 0.25) is 0 Å². The first-order valence-corrected chi connectivity index (χ1v) is 15.9. The summed E-state index contributed by atoms with van der Waals surface area (Å²) in [6, 6.07) is 5.27. The molecular formula is C35H34F4N6O2. The number of nitrogens with zero attached hydrogens (tertiary/aromatic N) is 5. The Hall–Kier alpha value is -4.21. The summed E-state index contributed by atoms with van der Waals surface area (Å²) in [4.78, 5) is 17.8. The average Bonchev–Trinajstić information content (AvgIpc) is 3.24. The summed E-state index contributed by atoms with van der Waals surface area (Å²) in [5, 5.41) is 11.5. The van der Waals surface area contributed by atoms with Gasteiger partial charge >= 0.3 is 6.01 Å². The molecule has 4 aromatic rings. The normalized spacial score (nSPS) is 28.2. The highest BCUT2D eigenvalue weighted by Gasteiger charge is 2.77. The van der Waals surface area contributed by atoms with E-state index in [9.17, 15) is 18.3 Å². The summed E-state index contributed by atoms with van der Waals surface area (Å²) in [6.45, 7) is 4.14. The summed E-state index contributed by atoms with van der Waals surface area (Å²) in [7, 11) is 0. The molecule has 4 aliphatic rings. The average molecular weight is 647 g/mol. The number of halogens is 4. The third-order valence-corrected chi connectivity index (χ3v) is 10.7. The van der Waals surface area contributed by atoms with Crippen molar-refractivity contribution in [2.24, 2.45) is 11.1 Å². The minimum absolute atomic E-state index is 0.0855. The number of aromatic nitrogens is 3. The molecule has 2 aromatic carbocycles. The number of ether oxygens (including phenoxy) is 1. The van der Waals surface area contributed by atoms with Crippen molar-refractivity contribution in [2.75, 3.05) is 37.7 Å². The fraction of sp³-hybridized carbons (Fsp3) is 0.457. The van der Waals surface area contributed by atoms with E-state index in [-0.39, 0.29) is 52.5 Å². The Labute approximate surface area is 268 Å². The highest BCUT2D eigenvalue weighted by Crippen LogP contribution is 2.69. The van der Waals surface area contributed by atoms with Gasteiger partial charge in [0.05, 0.1) is 21.9 Å². The van der Waals surface area contributed by atoms with Crippen molar-refractivity contribution in [3.05, 3.63) is 47.7 Å². The van der Waals surface area contributed by atoms with Crippen LogP contribution in [0.25, 0.3) is 32.9 Å². The van der Waals surface area contributed by atoms with E-state index in [1.807, 2.05) is 11.8 Å². The minimum atomic E-state index is -2.68. The predicted molar refractivity (Wildman–Crippen MR) is 169 cm³/mol. The molecule has 0 bridgehead atoms. The van der Waals surface area contributed by atoms with Crippen LogP contribution in [-0.4, -0.2) is 74.7 Å². The number of rotatable bonds is 5. The van der Waals surface area contributed by atoms with Gasteiger partial charge in [-0.05, 0) is 69.2 Å². The van der Waals surface area contributed by atoms with Gasteiger partial charge in [-0.3, -0.25) is 9.88 Å². The number of anilines is 1. The number of benzene rings is 2. The lowest BCUT2D eigenvalue weighted by molar-refractivity contribution is 0.0647. The summed E-state index contributed by atoms with van der Waals surface area (Å²) in [5.74, 6) is -1.61. The van der Waals surface area contributed by atoms with Gasteiger partial charge in [0, 0.05) is 48.7 Å². The van der Waals surface area contributed by atoms with Gasteiger partial charge in [-0.2, -0.15) is 9.97 Å². The lowest BCUT2D eigenvalue weighted by Gasteiger charge is -2.39. The zero-order valence-corrected chi connectivity index (χ0v) is 25.9. The van der Waals surface area contributed by atoms with Crippen molar-refractivity contribution in [2.45, 2.75) is 62.4 Å². The van der Waals surface area contributed by atoms with Crippen molar-refractivity contribution < 1.29 is 27.4 Å². The van der Waals surface area contributed by atoms with Gasteiger partial charge < -0.3 is 20.5 Å². The minimum Gasteiger partial charge on any atom is -0.508 e. The van der Waals surface area contributed by atoms with Gasteiger partial charge in [-0.25, -0.2) is 17.6 Å². The maximum Gasteiger partial charge on any atom is 0.319 e. The van der Waals surface area contributed by atoms with E-state index in [0.29, 0.717) is 49.1 Å². The second kappa shape index (κ2) is 10.1. The van der Waals surface area contributed by atoms with E-state index >= 15 is 4.39 Å². The van der Waals surface area contributed by atoms with Crippen LogP contribution in [-0.2, 0) is 0 Å². The summed E-state index contributed by atoms with van der Waals surface area (Å²) in [5.41, 5.74) is 4.17. The predicted octanol–water partition coefficient (Wildman–Crippen LogP) is 5.77. The van der Waals surface area contributed by atoms with Crippen molar-refractivity contribution in [1.29, 1.82) is 0 Å². The fourth-order valence-corrected chi connectivity index (χ4v) is 8.37. The van der Waals surface area contributed by atoms with Crippen LogP contribution in [0.3, 0.4) is 0 Å². The van der Waals surface area contributed by atoms with Gasteiger partial charge in [-0.15, -0.1) is 6.42 Å². The number of hydrogen-bond acceptors (Lipinski definition) is 8. The molecule has 1 aliphatic carbocycles. The zero-order valence-electron chi connectivity index (χ0n) is 25.9. The molecule has 1 spiro atoms. The monoisotopic (exact) mass is 646 g/mol. The van der Waals surface area contributed by atoms with E-state index in [4.69, 9.17) is 21.9 Å². The number of terminal acetylenes is 1. The molecule has 8 nitrogen and oxygen atoms in total. The largest absolute Gasteiger partial charge is 0.508 e. The first-order chi connectivity index (χ1) is 22.3. The number of alkyl halides is 2. The number of pyridine rings is 1. The smallest absolute Gasteiger partial charge is 0.319 e. The Morgan fingerprint density at radius 1 is 1.09 bits per heavy atom. The zero-order chi connectivity index (χ0) is 32.9. The molecular weight excluding hydrogens is 612 g/mol. The number of aromatic hydroxyl groups is 1. The van der Waals surface area contributed by atoms with Gasteiger partial charge in [0.1, 0.15) is 35.2 Å². The van der Waals surface area contributed by atoms with Gasteiger partial charge in [0.15, 0.2) is 5.82 Å². The molecule has 3 saturated heterocycles. The molecule has 2 aromatic heterocycles. The molecule has 3 aliphatic heterocycles. The van der Waals surface area contributed by atoms with Gasteiger partial charge in [0.2, 0.25) is 0 Å². The van der Waals surface area contributed by atoms with Crippen molar-refractivity contribution >= 4 is 27.5 Å². The van der Waals surface area contributed by atoms with E-state index in [1.54, 1.807) is 0 Å². The molecule has 244 valence electrons. The summed E-state index contributed by atoms with van der Waals surface area (Å²) < 4.78 is 66.8. The van der Waals surface area contributed by atoms with Gasteiger partial charge in [-0.1, -0.05) is 12.0 Å². The lowest BCUT2D eigenvalue weighted by Crippen LogP contribution is -2.52. The number of phenolic OH excluding ortho intramolecular Hbond substituents is 1. The maximum absolute atomic E-state index is 16.8. The molecule has 8 rings (SSSR count). The third-order valence-electron chi connectivity index (χ3n) is 10.7. The Morgan fingerprint density at radius 2 is 1.87 bits per heavy atom. The standard InChI is InChI=1S/C35H34F4N6O2/c1-3-22-25(36)7-6-20-12-21(46)13-23(26(20)22)28-27(37)29-24(14-41-28)30(44-10-4-8-32(2,40)17-44)43-31(42-29)47-19-34-9-5-11-45(34)18-33(15-34)16-35(33,38)39/h1,6-7,12-14,46H,4-5,8-11,15-19,40H2,2H3/t32?,33-,34-/m0/s1. The molecule has 5 heterocycles. The molecule has 1 unspecified atom stereocenters. The molecule has 12 heteroatoms. The second-order valence-electron chi connectivity index (χ2n) is 14.2. The maximum atomic E-state index is 16.8. The van der Waals surface area contributed by atoms with Crippen LogP contribution >= 0.6 is 0 Å². The van der Waals surface area contributed by atoms with Crippen LogP contribution in [0.4, 0.5) is 23.4 Å². The van der Waals surface area contributed by atoms with Crippen LogP contribution in [0.15, 0.2) is 30.5 Å². The number of nitrogens with two attached hydrogens (primary N) is 1. The topological polar surface area (TPSA) is 101 Å². The first kappa shape index (κ1) is 30.1.